The minimum atomic E-state index is -0.631. The lowest BCUT2D eigenvalue weighted by atomic mass is 9.94. The molecule has 2 aliphatic carbocycles. The summed E-state index contributed by atoms with van der Waals surface area (Å²) in [5.41, 5.74) is 4.52. The van der Waals surface area contributed by atoms with Gasteiger partial charge in [0.25, 0.3) is 0 Å². The van der Waals surface area contributed by atoms with Crippen LogP contribution in [0.3, 0.4) is 0 Å². The van der Waals surface area contributed by atoms with Gasteiger partial charge < -0.3 is 19.7 Å². The highest BCUT2D eigenvalue weighted by molar-refractivity contribution is 5.85. The smallest absolute Gasteiger partial charge is 0.407 e. The van der Waals surface area contributed by atoms with E-state index in [0.29, 0.717) is 6.42 Å². The van der Waals surface area contributed by atoms with Gasteiger partial charge in [-0.05, 0) is 67.9 Å². The maximum atomic E-state index is 13.8. The van der Waals surface area contributed by atoms with Crippen molar-refractivity contribution in [3.8, 4) is 11.1 Å². The summed E-state index contributed by atoms with van der Waals surface area (Å²) in [6, 6.07) is 26.1. The molecular weight excluding hydrogens is 528 g/mol. The van der Waals surface area contributed by atoms with Gasteiger partial charge in [-0.2, -0.15) is 0 Å². The molecule has 220 valence electrons. The van der Waals surface area contributed by atoms with Crippen LogP contribution >= 0.6 is 0 Å². The fourth-order valence-corrected chi connectivity index (χ4v) is 5.90. The van der Waals surface area contributed by atoms with Crippen LogP contribution in [-0.4, -0.2) is 54.2 Å². The van der Waals surface area contributed by atoms with Crippen molar-refractivity contribution in [2.75, 3.05) is 20.2 Å². The summed E-state index contributed by atoms with van der Waals surface area (Å²) in [5, 5.41) is 2.91. The normalized spacial score (nSPS) is 15.6. The largest absolute Gasteiger partial charge is 0.460 e. The number of ether oxygens (including phenoxy) is 2. The Bertz CT molecular complexity index is 1400. The molecule has 2 aliphatic rings. The summed E-state index contributed by atoms with van der Waals surface area (Å²) in [5.74, 6) is -1.11. The number of hydrogen-bond donors (Lipinski definition) is 1. The molecule has 0 saturated heterocycles. The standard InChI is InChI=1S/C35H40N2O5/c1-34(2,3)42-31(38)21-25(20-24-12-6-5-7-13-24)32(39)37(4)35(18-19-35)23-36-33(40)41-22-30-28-16-10-8-14-26(28)27-15-9-11-17-29(27)30/h5-17,25,30H,18-23H2,1-4H3,(H,36,40)/t25-/m1/s1. The second-order valence-electron chi connectivity index (χ2n) is 12.5. The van der Waals surface area contributed by atoms with E-state index in [0.717, 1.165) is 29.5 Å². The van der Waals surface area contributed by atoms with Crippen molar-refractivity contribution in [2.24, 2.45) is 5.92 Å². The van der Waals surface area contributed by atoms with Crippen molar-refractivity contribution in [1.29, 1.82) is 0 Å². The Balaban J connectivity index is 1.20. The molecule has 0 spiro atoms. The number of hydrogen-bond acceptors (Lipinski definition) is 5. The molecule has 5 rings (SSSR count). The zero-order valence-corrected chi connectivity index (χ0v) is 24.9. The molecular formula is C35H40N2O5. The lowest BCUT2D eigenvalue weighted by Gasteiger charge is -2.32. The lowest BCUT2D eigenvalue weighted by molar-refractivity contribution is -0.158. The van der Waals surface area contributed by atoms with Crippen molar-refractivity contribution >= 4 is 18.0 Å². The second kappa shape index (κ2) is 12.0. The first-order valence-electron chi connectivity index (χ1n) is 14.7. The monoisotopic (exact) mass is 568 g/mol. The number of fused-ring (bicyclic) bond motifs is 3. The Labute approximate surface area is 248 Å². The number of esters is 1. The van der Waals surface area contributed by atoms with E-state index in [2.05, 4.69) is 29.6 Å². The van der Waals surface area contributed by atoms with Gasteiger partial charge in [-0.15, -0.1) is 0 Å². The summed E-state index contributed by atoms with van der Waals surface area (Å²) in [6.07, 6.45) is 1.45. The summed E-state index contributed by atoms with van der Waals surface area (Å²) in [6.45, 7) is 5.98. The van der Waals surface area contributed by atoms with E-state index in [-0.39, 0.29) is 31.4 Å². The van der Waals surface area contributed by atoms with Gasteiger partial charge in [0.05, 0.1) is 17.9 Å². The van der Waals surface area contributed by atoms with E-state index < -0.39 is 29.1 Å². The summed E-state index contributed by atoms with van der Waals surface area (Å²) < 4.78 is 11.3. The average molecular weight is 569 g/mol. The molecule has 0 aliphatic heterocycles. The molecule has 0 aromatic heterocycles. The van der Waals surface area contributed by atoms with Crippen LogP contribution in [0.5, 0.6) is 0 Å². The molecule has 3 aromatic carbocycles. The van der Waals surface area contributed by atoms with Crippen molar-refractivity contribution in [2.45, 2.75) is 63.5 Å². The van der Waals surface area contributed by atoms with Gasteiger partial charge in [0.1, 0.15) is 12.2 Å². The van der Waals surface area contributed by atoms with Gasteiger partial charge in [0, 0.05) is 19.5 Å². The van der Waals surface area contributed by atoms with Crippen LogP contribution in [0.1, 0.15) is 62.6 Å². The third-order valence-electron chi connectivity index (χ3n) is 8.28. The molecule has 1 fully saturated rings. The summed E-state index contributed by atoms with van der Waals surface area (Å²) in [7, 11) is 1.77. The molecule has 7 nitrogen and oxygen atoms in total. The summed E-state index contributed by atoms with van der Waals surface area (Å²) >= 11 is 0. The quantitative estimate of drug-likeness (QED) is 0.299. The number of nitrogens with one attached hydrogen (secondary N) is 1. The molecule has 7 heteroatoms. The number of alkyl carbamates (subject to hydrolysis) is 1. The Morgan fingerprint density at radius 2 is 1.48 bits per heavy atom. The van der Waals surface area contributed by atoms with E-state index in [1.54, 1.807) is 11.9 Å². The minimum absolute atomic E-state index is 0.00871. The maximum Gasteiger partial charge on any atom is 0.407 e. The van der Waals surface area contributed by atoms with Crippen molar-refractivity contribution in [3.63, 3.8) is 0 Å². The van der Waals surface area contributed by atoms with Crippen LogP contribution in [-0.2, 0) is 25.5 Å². The van der Waals surface area contributed by atoms with Gasteiger partial charge in [-0.3, -0.25) is 9.59 Å². The van der Waals surface area contributed by atoms with Crippen LogP contribution in [0.4, 0.5) is 4.79 Å². The van der Waals surface area contributed by atoms with Gasteiger partial charge in [0.15, 0.2) is 0 Å². The zero-order chi connectivity index (χ0) is 29.9. The number of nitrogens with zero attached hydrogens (tertiary/aromatic N) is 1. The highest BCUT2D eigenvalue weighted by Gasteiger charge is 2.50. The van der Waals surface area contributed by atoms with E-state index in [9.17, 15) is 14.4 Å². The maximum absolute atomic E-state index is 13.8. The van der Waals surface area contributed by atoms with Crippen LogP contribution < -0.4 is 5.32 Å². The predicted octanol–water partition coefficient (Wildman–Crippen LogP) is 6.11. The number of benzene rings is 3. The second-order valence-corrected chi connectivity index (χ2v) is 12.5. The number of likely N-dealkylation sites (N-methyl/N-ethyl adjacent to an activating group) is 1. The SMILES string of the molecule is CN(C(=O)[C@@H](CC(=O)OC(C)(C)C)Cc1ccccc1)C1(CNC(=O)OCC2c3ccccc3-c3ccccc32)CC1. The first kappa shape index (κ1) is 29.4. The topological polar surface area (TPSA) is 84.9 Å². The van der Waals surface area contributed by atoms with E-state index in [1.807, 2.05) is 75.4 Å². The van der Waals surface area contributed by atoms with Crippen LogP contribution in [0.2, 0.25) is 0 Å². The molecule has 2 amide bonds. The lowest BCUT2D eigenvalue weighted by Crippen LogP contribution is -2.49. The number of carbonyl (C=O) groups is 3. The average Bonchev–Trinajstić information content (AvgIpc) is 3.69. The van der Waals surface area contributed by atoms with Crippen LogP contribution in [0.25, 0.3) is 11.1 Å². The van der Waals surface area contributed by atoms with Crippen molar-refractivity contribution < 1.29 is 23.9 Å². The number of rotatable bonds is 10. The molecule has 0 bridgehead atoms. The molecule has 1 atom stereocenters. The first-order chi connectivity index (χ1) is 20.1. The van der Waals surface area contributed by atoms with Crippen molar-refractivity contribution in [1.82, 2.24) is 10.2 Å². The van der Waals surface area contributed by atoms with Gasteiger partial charge in [0.2, 0.25) is 5.91 Å². The zero-order valence-electron chi connectivity index (χ0n) is 24.9. The third kappa shape index (κ3) is 6.67. The molecule has 42 heavy (non-hydrogen) atoms. The highest BCUT2D eigenvalue weighted by atomic mass is 16.6. The van der Waals surface area contributed by atoms with E-state index in [1.165, 1.54) is 11.1 Å². The highest BCUT2D eigenvalue weighted by Crippen LogP contribution is 2.45. The Morgan fingerprint density at radius 3 is 2.05 bits per heavy atom. The number of carbonyl (C=O) groups excluding carboxylic acids is 3. The van der Waals surface area contributed by atoms with Crippen LogP contribution in [0, 0.1) is 5.92 Å². The molecule has 0 heterocycles. The van der Waals surface area contributed by atoms with E-state index >= 15 is 0 Å². The molecule has 0 unspecified atom stereocenters. The molecule has 1 saturated carbocycles. The Hall–Kier alpha value is -4.13. The third-order valence-corrected chi connectivity index (χ3v) is 8.28. The summed E-state index contributed by atoms with van der Waals surface area (Å²) in [4.78, 5) is 41.1. The fraction of sp³-hybridized carbons (Fsp3) is 0.400. The predicted molar refractivity (Wildman–Crippen MR) is 162 cm³/mol. The van der Waals surface area contributed by atoms with Gasteiger partial charge >= 0.3 is 12.1 Å². The Kier molecular flexibility index (Phi) is 8.39. The van der Waals surface area contributed by atoms with Gasteiger partial charge in [-0.25, -0.2) is 4.79 Å². The molecule has 3 aromatic rings. The van der Waals surface area contributed by atoms with Crippen molar-refractivity contribution in [3.05, 3.63) is 95.6 Å². The Morgan fingerprint density at radius 1 is 0.905 bits per heavy atom. The minimum Gasteiger partial charge on any atom is -0.460 e. The molecule has 1 N–H and O–H groups in total. The first-order valence-corrected chi connectivity index (χ1v) is 14.7. The fourth-order valence-electron chi connectivity index (χ4n) is 5.90. The van der Waals surface area contributed by atoms with Gasteiger partial charge in [-0.1, -0.05) is 78.9 Å². The number of amides is 2. The van der Waals surface area contributed by atoms with E-state index in [4.69, 9.17) is 9.47 Å². The molecule has 0 radical (unpaired) electrons. The van der Waals surface area contributed by atoms with Crippen LogP contribution in [0.15, 0.2) is 78.9 Å².